The predicted octanol–water partition coefficient (Wildman–Crippen LogP) is 4.76. The van der Waals surface area contributed by atoms with Crippen LogP contribution in [0.4, 0.5) is 0 Å². The van der Waals surface area contributed by atoms with E-state index in [2.05, 4.69) is 52.3 Å². The number of aromatic nitrogens is 1. The van der Waals surface area contributed by atoms with Crippen LogP contribution >= 0.6 is 38.6 Å². The van der Waals surface area contributed by atoms with Gasteiger partial charge in [-0.05, 0) is 28.1 Å². The Morgan fingerprint density at radius 2 is 2.14 bits per heavy atom. The summed E-state index contributed by atoms with van der Waals surface area (Å²) in [5, 5.41) is 3.35. The summed E-state index contributed by atoms with van der Waals surface area (Å²) in [6.07, 6.45) is 0. The van der Waals surface area contributed by atoms with Gasteiger partial charge >= 0.3 is 0 Å². The molecule has 0 amide bonds. The van der Waals surface area contributed by atoms with Gasteiger partial charge in [-0.25, -0.2) is 4.98 Å². The molecule has 0 spiro atoms. The fraction of sp³-hybridized carbons (Fsp3) is 0.300. The Labute approximate surface area is 100.0 Å². The first kappa shape index (κ1) is 10.3. The van der Waals surface area contributed by atoms with E-state index in [0.717, 1.165) is 9.48 Å². The summed E-state index contributed by atoms with van der Waals surface area (Å²) in [4.78, 5) is 5.84. The summed E-state index contributed by atoms with van der Waals surface area (Å²) >= 11 is 6.93. The van der Waals surface area contributed by atoms with E-state index in [-0.39, 0.29) is 0 Å². The molecule has 4 heteroatoms. The summed E-state index contributed by atoms with van der Waals surface area (Å²) in [5.74, 6) is 0.525. The summed E-state index contributed by atoms with van der Waals surface area (Å²) in [7, 11) is 0. The van der Waals surface area contributed by atoms with Gasteiger partial charge in [-0.1, -0.05) is 13.8 Å². The Morgan fingerprint density at radius 1 is 1.36 bits per heavy atom. The lowest BCUT2D eigenvalue weighted by Crippen LogP contribution is -1.84. The van der Waals surface area contributed by atoms with E-state index in [9.17, 15) is 0 Å². The number of halogens is 1. The highest BCUT2D eigenvalue weighted by atomic mass is 79.9. The Hall–Kier alpha value is -0.190. The van der Waals surface area contributed by atoms with Gasteiger partial charge in [0.05, 0.1) is 19.4 Å². The summed E-state index contributed by atoms with van der Waals surface area (Å²) in [5.41, 5.74) is 1.11. The van der Waals surface area contributed by atoms with E-state index in [1.807, 2.05) is 0 Å². The fourth-order valence-electron chi connectivity index (χ4n) is 1.12. The largest absolute Gasteiger partial charge is 0.240 e. The van der Waals surface area contributed by atoms with Crippen LogP contribution in [0.5, 0.6) is 0 Å². The zero-order valence-electron chi connectivity index (χ0n) is 7.95. The van der Waals surface area contributed by atoms with Crippen LogP contribution in [0, 0.1) is 0 Å². The van der Waals surface area contributed by atoms with Crippen molar-refractivity contribution in [3.05, 3.63) is 26.3 Å². The van der Waals surface area contributed by atoms with Gasteiger partial charge in [-0.15, -0.1) is 22.7 Å². The lowest BCUT2D eigenvalue weighted by atomic mass is 10.2. The van der Waals surface area contributed by atoms with Crippen LogP contribution in [0.2, 0.25) is 0 Å². The molecule has 74 valence electrons. The average Bonchev–Trinajstić information content (AvgIpc) is 2.70. The lowest BCUT2D eigenvalue weighted by molar-refractivity contribution is 0.854. The number of thiazole rings is 1. The van der Waals surface area contributed by atoms with Crippen LogP contribution < -0.4 is 0 Å². The second kappa shape index (κ2) is 4.13. The van der Waals surface area contributed by atoms with Crippen molar-refractivity contribution < 1.29 is 0 Å². The third-order valence-corrected chi connectivity index (χ3v) is 4.63. The van der Waals surface area contributed by atoms with E-state index in [1.165, 1.54) is 9.88 Å². The first-order valence-electron chi connectivity index (χ1n) is 4.38. The summed E-state index contributed by atoms with van der Waals surface area (Å²) < 4.78 is 1.16. The maximum atomic E-state index is 4.60. The zero-order chi connectivity index (χ0) is 10.1. The monoisotopic (exact) mass is 287 g/mol. The highest BCUT2D eigenvalue weighted by molar-refractivity contribution is 9.11. The van der Waals surface area contributed by atoms with Crippen molar-refractivity contribution in [2.45, 2.75) is 19.8 Å². The molecule has 0 aromatic carbocycles. The van der Waals surface area contributed by atoms with Gasteiger partial charge in [-0.2, -0.15) is 0 Å². The average molecular weight is 288 g/mol. The lowest BCUT2D eigenvalue weighted by Gasteiger charge is -1.95. The molecule has 0 aliphatic heterocycles. The third-order valence-electron chi connectivity index (χ3n) is 1.84. The molecule has 2 aromatic heterocycles. The van der Waals surface area contributed by atoms with Crippen molar-refractivity contribution in [1.29, 1.82) is 0 Å². The first-order valence-corrected chi connectivity index (χ1v) is 6.87. The first-order chi connectivity index (χ1) is 6.66. The molecule has 0 aliphatic rings. The topological polar surface area (TPSA) is 12.9 Å². The number of rotatable bonds is 2. The van der Waals surface area contributed by atoms with Crippen LogP contribution in [-0.2, 0) is 0 Å². The van der Waals surface area contributed by atoms with Gasteiger partial charge < -0.3 is 0 Å². The van der Waals surface area contributed by atoms with Gasteiger partial charge in [-0.3, -0.25) is 0 Å². The van der Waals surface area contributed by atoms with Crippen LogP contribution in [-0.4, -0.2) is 4.98 Å². The Balaban J connectivity index is 2.33. The van der Waals surface area contributed by atoms with Crippen LogP contribution in [0.1, 0.15) is 24.8 Å². The summed E-state index contributed by atoms with van der Waals surface area (Å²) in [6, 6.07) is 4.17. The molecule has 2 aromatic rings. The van der Waals surface area contributed by atoms with E-state index in [0.29, 0.717) is 5.92 Å². The van der Waals surface area contributed by atoms with Crippen LogP contribution in [0.15, 0.2) is 21.3 Å². The fourth-order valence-corrected chi connectivity index (χ4v) is 3.37. The minimum absolute atomic E-state index is 0.525. The molecule has 0 aliphatic carbocycles. The SMILES string of the molecule is CC(C)c1nc(-c2ccc(Br)s2)cs1. The normalized spacial score (nSPS) is 11.1. The van der Waals surface area contributed by atoms with Crippen LogP contribution in [0.25, 0.3) is 10.6 Å². The van der Waals surface area contributed by atoms with E-state index in [4.69, 9.17) is 0 Å². The standard InChI is InChI=1S/C10H10BrNS2/c1-6(2)10-12-7(5-13-10)8-3-4-9(11)14-8/h3-6H,1-2H3. The Bertz CT molecular complexity index is 431. The van der Waals surface area contributed by atoms with Crippen molar-refractivity contribution >= 4 is 38.6 Å². The summed E-state index contributed by atoms with van der Waals surface area (Å²) in [6.45, 7) is 4.35. The molecule has 2 rings (SSSR count). The number of hydrogen-bond acceptors (Lipinski definition) is 3. The Kier molecular flexibility index (Phi) is 3.04. The molecule has 2 heterocycles. The molecule has 0 radical (unpaired) electrons. The van der Waals surface area contributed by atoms with Crippen molar-refractivity contribution in [1.82, 2.24) is 4.98 Å². The Morgan fingerprint density at radius 3 is 2.64 bits per heavy atom. The molecule has 14 heavy (non-hydrogen) atoms. The molecule has 0 bridgehead atoms. The van der Waals surface area contributed by atoms with Gasteiger partial charge in [0, 0.05) is 11.3 Å². The minimum Gasteiger partial charge on any atom is -0.240 e. The van der Waals surface area contributed by atoms with Gasteiger partial charge in [0.25, 0.3) is 0 Å². The number of thiophene rings is 1. The van der Waals surface area contributed by atoms with Crippen molar-refractivity contribution in [3.8, 4) is 10.6 Å². The molecule has 0 atom stereocenters. The second-order valence-corrected chi connectivity index (χ2v) is 6.68. The van der Waals surface area contributed by atoms with E-state index >= 15 is 0 Å². The zero-order valence-corrected chi connectivity index (χ0v) is 11.2. The highest BCUT2D eigenvalue weighted by Gasteiger charge is 2.08. The van der Waals surface area contributed by atoms with Crippen molar-refractivity contribution in [2.24, 2.45) is 0 Å². The maximum absolute atomic E-state index is 4.60. The second-order valence-electron chi connectivity index (χ2n) is 3.33. The molecule has 0 unspecified atom stereocenters. The van der Waals surface area contributed by atoms with Crippen LogP contribution in [0.3, 0.4) is 0 Å². The number of nitrogens with zero attached hydrogens (tertiary/aromatic N) is 1. The molecule has 0 fully saturated rings. The minimum atomic E-state index is 0.525. The molecule has 1 nitrogen and oxygen atoms in total. The van der Waals surface area contributed by atoms with Gasteiger partial charge in [0.2, 0.25) is 0 Å². The number of hydrogen-bond donors (Lipinski definition) is 0. The van der Waals surface area contributed by atoms with Crippen molar-refractivity contribution in [3.63, 3.8) is 0 Å². The van der Waals surface area contributed by atoms with Gasteiger partial charge in [0.15, 0.2) is 0 Å². The van der Waals surface area contributed by atoms with Gasteiger partial charge in [0.1, 0.15) is 0 Å². The maximum Gasteiger partial charge on any atom is 0.0958 e. The molecular formula is C10H10BrNS2. The van der Waals surface area contributed by atoms with E-state index in [1.54, 1.807) is 22.7 Å². The highest BCUT2D eigenvalue weighted by Crippen LogP contribution is 2.33. The van der Waals surface area contributed by atoms with Crippen molar-refractivity contribution in [2.75, 3.05) is 0 Å². The third kappa shape index (κ3) is 2.07. The van der Waals surface area contributed by atoms with E-state index < -0.39 is 0 Å². The molecule has 0 saturated carbocycles. The molecule has 0 saturated heterocycles. The predicted molar refractivity (Wildman–Crippen MR) is 67.2 cm³/mol. The molecular weight excluding hydrogens is 278 g/mol. The smallest absolute Gasteiger partial charge is 0.0958 e. The molecule has 0 N–H and O–H groups in total. The quantitative estimate of drug-likeness (QED) is 0.776.